The molecule has 6 heteroatoms. The molecule has 0 spiro atoms. The maximum atomic E-state index is 7.03. The fourth-order valence-electron chi connectivity index (χ4n) is 4.23. The van der Waals surface area contributed by atoms with Gasteiger partial charge in [-0.15, -0.1) is 0 Å². The van der Waals surface area contributed by atoms with Gasteiger partial charge in [0.2, 0.25) is 6.54 Å². The lowest BCUT2D eigenvalue weighted by Gasteiger charge is -2.37. The summed E-state index contributed by atoms with van der Waals surface area (Å²) in [4.78, 5) is 3.42. The smallest absolute Gasteiger partial charge is 0.259 e. The van der Waals surface area contributed by atoms with Gasteiger partial charge in [-0.2, -0.15) is 0 Å². The average molecular weight is 445 g/mol. The van der Waals surface area contributed by atoms with E-state index in [0.29, 0.717) is 37.3 Å². The Balaban J connectivity index is 5.09. The molecule has 2 atom stereocenters. The van der Waals surface area contributed by atoms with Crippen LogP contribution in [0, 0.1) is 12.0 Å². The molecule has 0 saturated heterocycles. The number of hydrogen-bond acceptors (Lipinski definition) is 4. The van der Waals surface area contributed by atoms with Gasteiger partial charge in [-0.25, -0.2) is 11.2 Å². The van der Waals surface area contributed by atoms with Gasteiger partial charge in [0, 0.05) is 12.1 Å². The first-order valence-corrected chi connectivity index (χ1v) is 13.2. The van der Waals surface area contributed by atoms with Crippen molar-refractivity contribution in [3.05, 3.63) is 11.4 Å². The fourth-order valence-corrected chi connectivity index (χ4v) is 5.99. The monoisotopic (exact) mass is 444 g/mol. The minimum atomic E-state index is -1.21. The van der Waals surface area contributed by atoms with Gasteiger partial charge in [0.1, 0.15) is 6.61 Å². The van der Waals surface area contributed by atoms with Crippen LogP contribution in [-0.4, -0.2) is 49.2 Å². The molecule has 0 aromatic rings. The molecule has 0 aliphatic rings. The van der Waals surface area contributed by atoms with Gasteiger partial charge in [0.05, 0.1) is 19.3 Å². The van der Waals surface area contributed by atoms with Crippen molar-refractivity contribution in [1.29, 1.82) is 0 Å². The summed E-state index contributed by atoms with van der Waals surface area (Å²) in [6.07, 6.45) is 8.19. The molecule has 30 heavy (non-hydrogen) atoms. The first kappa shape index (κ1) is 29.8. The Hall–Kier alpha value is -0.240. The molecule has 5 nitrogen and oxygen atoms in total. The molecule has 2 unspecified atom stereocenters. The highest BCUT2D eigenvalue weighted by molar-refractivity contribution is 7.44. The van der Waals surface area contributed by atoms with Crippen LogP contribution in [0.3, 0.4) is 0 Å². The highest BCUT2D eigenvalue weighted by Crippen LogP contribution is 2.47. The van der Waals surface area contributed by atoms with Gasteiger partial charge in [-0.1, -0.05) is 47.0 Å². The van der Waals surface area contributed by atoms with Crippen LogP contribution in [0.15, 0.2) is 0 Å². The summed E-state index contributed by atoms with van der Waals surface area (Å²) in [6.45, 7) is 26.9. The van der Waals surface area contributed by atoms with Gasteiger partial charge >= 0.3 is 0 Å². The quantitative estimate of drug-likeness (QED) is 0.118. The largest absolute Gasteiger partial charge is 0.378 e. The van der Waals surface area contributed by atoms with E-state index in [0.717, 1.165) is 13.0 Å². The lowest BCUT2D eigenvalue weighted by molar-refractivity contribution is -0.0158. The summed E-state index contributed by atoms with van der Waals surface area (Å²) >= 11 is 0. The molecule has 0 N–H and O–H groups in total. The molecule has 0 aromatic heterocycles. The predicted octanol–water partition coefficient (Wildman–Crippen LogP) is 7.47. The second-order valence-corrected chi connectivity index (χ2v) is 10.3. The Bertz CT molecular complexity index is 429. The van der Waals surface area contributed by atoms with E-state index in [9.17, 15) is 0 Å². The molecule has 0 aliphatic carbocycles. The van der Waals surface area contributed by atoms with E-state index in [1.807, 2.05) is 0 Å². The fraction of sp³-hybridized carbons (Fsp3) is 0.958. The summed E-state index contributed by atoms with van der Waals surface area (Å²) in [7, 11) is -1.21. The van der Waals surface area contributed by atoms with E-state index in [-0.39, 0.29) is 6.10 Å². The Morgan fingerprint density at radius 1 is 0.933 bits per heavy atom. The summed E-state index contributed by atoms with van der Waals surface area (Å²) in [5.41, 5.74) is 0.301. The van der Waals surface area contributed by atoms with Crippen molar-refractivity contribution in [2.45, 2.75) is 119 Å². The Morgan fingerprint density at radius 3 is 1.87 bits per heavy atom. The SMILES string of the molecule is [C-]#[N+]CCOP(OC(CC)COCC(CCC)(CCC)CCC)N(C(C)C)C(C)C. The first-order chi connectivity index (χ1) is 14.3. The van der Waals surface area contributed by atoms with Gasteiger partial charge in [-0.3, -0.25) is 0 Å². The molecular formula is C24H49N2O3P. The van der Waals surface area contributed by atoms with Crippen LogP contribution in [0.25, 0.3) is 4.85 Å². The third kappa shape index (κ3) is 11.4. The molecular weight excluding hydrogens is 395 g/mol. The van der Waals surface area contributed by atoms with Crippen molar-refractivity contribution >= 4 is 8.53 Å². The van der Waals surface area contributed by atoms with Gasteiger partial charge in [0.15, 0.2) is 0 Å². The minimum Gasteiger partial charge on any atom is -0.378 e. The Morgan fingerprint density at radius 2 is 1.47 bits per heavy atom. The standard InChI is InChI=1S/C24H49N2O3P/c1-10-14-24(15-11-2,16-12-3)20-27-19-23(13-4)29-30(28-18-17-25-9)26(21(5)6)22(7)8/h21-23H,10-20H2,1-8H3. The second kappa shape index (κ2) is 17.3. The van der Waals surface area contributed by atoms with Crippen LogP contribution in [0.2, 0.25) is 0 Å². The number of nitrogens with zero attached hydrogens (tertiary/aromatic N) is 2. The van der Waals surface area contributed by atoms with E-state index >= 15 is 0 Å². The third-order valence-electron chi connectivity index (χ3n) is 5.40. The molecule has 0 heterocycles. The van der Waals surface area contributed by atoms with Gasteiger partial charge in [-0.05, 0) is 58.8 Å². The van der Waals surface area contributed by atoms with E-state index < -0.39 is 8.53 Å². The topological polar surface area (TPSA) is 35.3 Å². The number of hydrogen-bond donors (Lipinski definition) is 0. The van der Waals surface area contributed by atoms with Crippen molar-refractivity contribution in [1.82, 2.24) is 4.67 Å². The van der Waals surface area contributed by atoms with E-state index in [1.54, 1.807) is 0 Å². The average Bonchev–Trinajstić information content (AvgIpc) is 2.67. The lowest BCUT2D eigenvalue weighted by atomic mass is 9.76. The van der Waals surface area contributed by atoms with Crippen LogP contribution >= 0.6 is 8.53 Å². The summed E-state index contributed by atoms with van der Waals surface area (Å²) < 4.78 is 21.1. The minimum absolute atomic E-state index is 0.00614. The predicted molar refractivity (Wildman–Crippen MR) is 130 cm³/mol. The highest BCUT2D eigenvalue weighted by atomic mass is 31.2. The van der Waals surface area contributed by atoms with Crippen LogP contribution < -0.4 is 0 Å². The van der Waals surface area contributed by atoms with E-state index in [1.165, 1.54) is 38.5 Å². The molecule has 0 fully saturated rings. The Kier molecular flexibility index (Phi) is 17.2. The van der Waals surface area contributed by atoms with Crippen LogP contribution in [0.1, 0.15) is 100 Å². The molecule has 178 valence electrons. The van der Waals surface area contributed by atoms with Crippen LogP contribution in [-0.2, 0) is 13.8 Å². The molecule has 0 aliphatic heterocycles. The summed E-state index contributed by atoms with van der Waals surface area (Å²) in [5, 5.41) is 0. The summed E-state index contributed by atoms with van der Waals surface area (Å²) in [6, 6.07) is 0.627. The van der Waals surface area contributed by atoms with Crippen LogP contribution in [0.5, 0.6) is 0 Å². The first-order valence-electron chi connectivity index (χ1n) is 12.1. The molecule has 0 saturated carbocycles. The normalized spacial score (nSPS) is 14.5. The molecule has 0 radical (unpaired) electrons. The van der Waals surface area contributed by atoms with E-state index in [4.69, 9.17) is 20.4 Å². The van der Waals surface area contributed by atoms with Crippen molar-refractivity contribution in [3.8, 4) is 0 Å². The maximum absolute atomic E-state index is 7.03. The zero-order chi connectivity index (χ0) is 23.0. The van der Waals surface area contributed by atoms with Gasteiger partial charge < -0.3 is 18.6 Å². The van der Waals surface area contributed by atoms with Crippen molar-refractivity contribution in [2.75, 3.05) is 26.4 Å². The van der Waals surface area contributed by atoms with Crippen molar-refractivity contribution in [2.24, 2.45) is 5.41 Å². The molecule has 0 bridgehead atoms. The van der Waals surface area contributed by atoms with Crippen LogP contribution in [0.4, 0.5) is 0 Å². The number of rotatable bonds is 19. The van der Waals surface area contributed by atoms with E-state index in [2.05, 4.69) is 64.9 Å². The van der Waals surface area contributed by atoms with Crippen molar-refractivity contribution < 1.29 is 13.8 Å². The Labute approximate surface area is 189 Å². The molecule has 0 rings (SSSR count). The van der Waals surface area contributed by atoms with Crippen molar-refractivity contribution in [3.63, 3.8) is 0 Å². The summed E-state index contributed by atoms with van der Waals surface area (Å²) in [5.74, 6) is 0. The second-order valence-electron chi connectivity index (χ2n) is 8.92. The highest BCUT2D eigenvalue weighted by Gasteiger charge is 2.31. The number of ether oxygens (including phenoxy) is 1. The zero-order valence-corrected chi connectivity index (χ0v) is 22.0. The molecule has 0 amide bonds. The zero-order valence-electron chi connectivity index (χ0n) is 21.1. The maximum Gasteiger partial charge on any atom is 0.259 e. The third-order valence-corrected chi connectivity index (χ3v) is 7.58. The lowest BCUT2D eigenvalue weighted by Crippen LogP contribution is -2.35. The molecule has 0 aromatic carbocycles. The van der Waals surface area contributed by atoms with Gasteiger partial charge in [0.25, 0.3) is 8.53 Å².